The Balaban J connectivity index is 1.63. The van der Waals surface area contributed by atoms with Crippen molar-refractivity contribution >= 4 is 40.4 Å². The number of thiazole rings is 1. The van der Waals surface area contributed by atoms with Crippen LogP contribution in [-0.4, -0.2) is 43.6 Å². The summed E-state index contributed by atoms with van der Waals surface area (Å²) < 4.78 is 10.6. The van der Waals surface area contributed by atoms with Crippen LogP contribution in [0.25, 0.3) is 0 Å². The lowest BCUT2D eigenvalue weighted by molar-refractivity contribution is 0.0791. The lowest BCUT2D eigenvalue weighted by Gasteiger charge is -2.16. The maximum absolute atomic E-state index is 12.8. The Hall–Kier alpha value is -2.28. The number of halogens is 2. The van der Waals surface area contributed by atoms with E-state index in [1.165, 1.54) is 11.3 Å². The number of likely N-dealkylation sites (N-methyl/N-ethyl adjacent to an activating group) is 1. The van der Waals surface area contributed by atoms with E-state index in [4.69, 9.17) is 32.7 Å². The molecule has 1 heterocycles. The molecular formula is C22H22Cl2N2O3S. The molecule has 3 aromatic rings. The van der Waals surface area contributed by atoms with Crippen molar-refractivity contribution in [1.29, 1.82) is 0 Å². The van der Waals surface area contributed by atoms with Crippen LogP contribution in [0.2, 0.25) is 10.0 Å². The zero-order valence-corrected chi connectivity index (χ0v) is 19.3. The topological polar surface area (TPSA) is 51.7 Å². The first kappa shape index (κ1) is 22.4. The van der Waals surface area contributed by atoms with Crippen molar-refractivity contribution in [2.24, 2.45) is 0 Å². The van der Waals surface area contributed by atoms with Crippen LogP contribution in [0, 0.1) is 0 Å². The molecule has 0 atom stereocenters. The highest BCUT2D eigenvalue weighted by Crippen LogP contribution is 2.29. The van der Waals surface area contributed by atoms with Crippen LogP contribution in [0.1, 0.15) is 26.6 Å². The molecule has 2 aromatic carbocycles. The van der Waals surface area contributed by atoms with Gasteiger partial charge in [-0.15, -0.1) is 11.3 Å². The number of hydrogen-bond acceptors (Lipinski definition) is 5. The smallest absolute Gasteiger partial charge is 0.273 e. The molecule has 30 heavy (non-hydrogen) atoms. The maximum atomic E-state index is 12.8. The minimum Gasteiger partial charge on any atom is -0.493 e. The fraction of sp³-hybridized carbons (Fsp3) is 0.273. The van der Waals surface area contributed by atoms with Crippen LogP contribution in [0.4, 0.5) is 0 Å². The van der Waals surface area contributed by atoms with Crippen molar-refractivity contribution in [3.8, 4) is 11.5 Å². The molecule has 0 saturated carbocycles. The molecule has 0 aliphatic carbocycles. The van der Waals surface area contributed by atoms with Crippen molar-refractivity contribution in [3.05, 3.63) is 73.7 Å². The SMILES string of the molecule is COc1ccc(CCN(C)C(=O)c2csc(Cc3c(Cl)cccc3Cl)n2)cc1OC. The average molecular weight is 465 g/mol. The van der Waals surface area contributed by atoms with E-state index in [2.05, 4.69) is 4.98 Å². The van der Waals surface area contributed by atoms with E-state index in [1.54, 1.807) is 49.7 Å². The minimum absolute atomic E-state index is 0.122. The molecule has 0 aliphatic rings. The number of methoxy groups -OCH3 is 2. The predicted molar refractivity (Wildman–Crippen MR) is 122 cm³/mol. The monoisotopic (exact) mass is 464 g/mol. The fourth-order valence-corrected chi connectivity index (χ4v) is 4.28. The molecule has 3 rings (SSSR count). The number of amides is 1. The molecule has 0 unspecified atom stereocenters. The normalized spacial score (nSPS) is 10.7. The van der Waals surface area contributed by atoms with E-state index >= 15 is 0 Å². The highest BCUT2D eigenvalue weighted by molar-refractivity contribution is 7.09. The van der Waals surface area contributed by atoms with Gasteiger partial charge in [0.2, 0.25) is 0 Å². The van der Waals surface area contributed by atoms with Gasteiger partial charge in [-0.05, 0) is 41.8 Å². The van der Waals surface area contributed by atoms with Crippen molar-refractivity contribution < 1.29 is 14.3 Å². The summed E-state index contributed by atoms with van der Waals surface area (Å²) in [5.41, 5.74) is 2.30. The van der Waals surface area contributed by atoms with Gasteiger partial charge in [-0.1, -0.05) is 35.3 Å². The number of carbonyl (C=O) groups is 1. The molecule has 5 nitrogen and oxygen atoms in total. The molecule has 158 valence electrons. The Kier molecular flexibility index (Phi) is 7.58. The van der Waals surface area contributed by atoms with Crippen molar-refractivity contribution in [3.63, 3.8) is 0 Å². The predicted octanol–water partition coefficient (Wildman–Crippen LogP) is 5.37. The van der Waals surface area contributed by atoms with Crippen LogP contribution in [-0.2, 0) is 12.8 Å². The Morgan fingerprint density at radius 1 is 1.10 bits per heavy atom. The molecule has 0 spiro atoms. The van der Waals surface area contributed by atoms with Gasteiger partial charge in [-0.2, -0.15) is 0 Å². The first-order valence-electron chi connectivity index (χ1n) is 9.26. The van der Waals surface area contributed by atoms with Crippen LogP contribution < -0.4 is 9.47 Å². The largest absolute Gasteiger partial charge is 0.493 e. The Morgan fingerprint density at radius 3 is 2.47 bits per heavy atom. The van der Waals surface area contributed by atoms with Gasteiger partial charge in [0.05, 0.1) is 19.2 Å². The van der Waals surface area contributed by atoms with Crippen molar-refractivity contribution in [1.82, 2.24) is 9.88 Å². The summed E-state index contributed by atoms with van der Waals surface area (Å²) in [7, 11) is 4.98. The van der Waals surface area contributed by atoms with Crippen molar-refractivity contribution in [2.75, 3.05) is 27.8 Å². The summed E-state index contributed by atoms with van der Waals surface area (Å²) in [6, 6.07) is 11.1. The van der Waals surface area contributed by atoms with E-state index in [1.807, 2.05) is 18.2 Å². The van der Waals surface area contributed by atoms with Gasteiger partial charge in [0.15, 0.2) is 11.5 Å². The summed E-state index contributed by atoms with van der Waals surface area (Å²) in [4.78, 5) is 18.9. The fourth-order valence-electron chi connectivity index (χ4n) is 2.97. The highest BCUT2D eigenvalue weighted by Gasteiger charge is 2.17. The van der Waals surface area contributed by atoms with E-state index in [-0.39, 0.29) is 5.91 Å². The Labute approximate surface area is 190 Å². The molecule has 1 amide bonds. The molecule has 0 N–H and O–H groups in total. The number of rotatable bonds is 8. The zero-order chi connectivity index (χ0) is 21.7. The van der Waals surface area contributed by atoms with Gasteiger partial charge in [0.1, 0.15) is 5.69 Å². The average Bonchev–Trinajstić information content (AvgIpc) is 3.22. The van der Waals surface area contributed by atoms with Gasteiger partial charge in [0, 0.05) is 35.4 Å². The van der Waals surface area contributed by atoms with E-state index < -0.39 is 0 Å². The number of ether oxygens (including phenoxy) is 2. The summed E-state index contributed by atoms with van der Waals surface area (Å²) in [6.07, 6.45) is 1.18. The lowest BCUT2D eigenvalue weighted by atomic mass is 10.1. The number of carbonyl (C=O) groups excluding carboxylic acids is 1. The number of aromatic nitrogens is 1. The van der Waals surface area contributed by atoms with Gasteiger partial charge in [-0.3, -0.25) is 4.79 Å². The second kappa shape index (κ2) is 10.2. The quantitative estimate of drug-likeness (QED) is 0.449. The van der Waals surface area contributed by atoms with Crippen molar-refractivity contribution in [2.45, 2.75) is 12.8 Å². The Bertz CT molecular complexity index is 1020. The first-order chi connectivity index (χ1) is 14.4. The van der Waals surface area contributed by atoms with Crippen LogP contribution in [0.3, 0.4) is 0 Å². The maximum Gasteiger partial charge on any atom is 0.273 e. The van der Waals surface area contributed by atoms with Crippen LogP contribution >= 0.6 is 34.5 Å². The van der Waals surface area contributed by atoms with E-state index in [0.29, 0.717) is 46.6 Å². The molecule has 0 saturated heterocycles. The summed E-state index contributed by atoms with van der Waals surface area (Å²) in [5, 5.41) is 3.76. The molecular weight excluding hydrogens is 443 g/mol. The zero-order valence-electron chi connectivity index (χ0n) is 16.9. The third kappa shape index (κ3) is 5.25. The first-order valence-corrected chi connectivity index (χ1v) is 10.9. The number of hydrogen-bond donors (Lipinski definition) is 0. The molecule has 1 aromatic heterocycles. The molecule has 8 heteroatoms. The van der Waals surface area contributed by atoms with Gasteiger partial charge >= 0.3 is 0 Å². The molecule has 0 radical (unpaired) electrons. The molecule has 0 fully saturated rings. The van der Waals surface area contributed by atoms with Crippen LogP contribution in [0.15, 0.2) is 41.8 Å². The highest BCUT2D eigenvalue weighted by atomic mass is 35.5. The molecule has 0 bridgehead atoms. The molecule has 0 aliphatic heterocycles. The van der Waals surface area contributed by atoms with E-state index in [9.17, 15) is 4.79 Å². The summed E-state index contributed by atoms with van der Waals surface area (Å²) >= 11 is 13.9. The third-order valence-corrected chi connectivity index (χ3v) is 6.25. The minimum atomic E-state index is -0.122. The third-order valence-electron chi connectivity index (χ3n) is 4.69. The van der Waals surface area contributed by atoms with E-state index in [0.717, 1.165) is 16.1 Å². The second-order valence-corrected chi connectivity index (χ2v) is 8.43. The van der Waals surface area contributed by atoms with Crippen LogP contribution in [0.5, 0.6) is 11.5 Å². The second-order valence-electron chi connectivity index (χ2n) is 6.67. The lowest BCUT2D eigenvalue weighted by Crippen LogP contribution is -2.29. The van der Waals surface area contributed by atoms with Gasteiger partial charge < -0.3 is 14.4 Å². The number of benzene rings is 2. The van der Waals surface area contributed by atoms with Gasteiger partial charge in [0.25, 0.3) is 5.91 Å². The Morgan fingerprint density at radius 2 is 1.80 bits per heavy atom. The summed E-state index contributed by atoms with van der Waals surface area (Å²) in [6.45, 7) is 0.553. The van der Waals surface area contributed by atoms with Gasteiger partial charge in [-0.25, -0.2) is 4.98 Å². The summed E-state index contributed by atoms with van der Waals surface area (Å²) in [5.74, 6) is 1.23. The number of nitrogens with zero attached hydrogens (tertiary/aromatic N) is 2. The standard InChI is InChI=1S/C22H22Cl2N2O3S/c1-26(10-9-14-7-8-19(28-2)20(11-14)29-3)22(27)18-13-30-21(25-18)12-15-16(23)5-4-6-17(15)24/h4-8,11,13H,9-10,12H2,1-3H3.